The van der Waals surface area contributed by atoms with E-state index in [-0.39, 0.29) is 17.9 Å². The lowest BCUT2D eigenvalue weighted by Gasteiger charge is -2.31. The highest BCUT2D eigenvalue weighted by Crippen LogP contribution is 2.30. The first-order valence-corrected chi connectivity index (χ1v) is 7.95. The average Bonchev–Trinajstić information content (AvgIpc) is 2.85. The maximum atomic E-state index is 12.4. The lowest BCUT2D eigenvalue weighted by Crippen LogP contribution is -2.49. The number of piperidine rings is 1. The van der Waals surface area contributed by atoms with E-state index in [9.17, 15) is 9.59 Å². The van der Waals surface area contributed by atoms with Crippen LogP contribution in [0.1, 0.15) is 35.7 Å². The second-order valence-electron chi connectivity index (χ2n) is 5.09. The second kappa shape index (κ2) is 6.92. The molecule has 0 spiro atoms. The number of hydrogen-bond donors (Lipinski definition) is 1. The molecular weight excluding hydrogens is 344 g/mol. The van der Waals surface area contributed by atoms with Gasteiger partial charge in [-0.1, -0.05) is 22.0 Å². The van der Waals surface area contributed by atoms with E-state index >= 15 is 0 Å². The van der Waals surface area contributed by atoms with Crippen LogP contribution in [0.25, 0.3) is 0 Å². The summed E-state index contributed by atoms with van der Waals surface area (Å²) in [6, 6.07) is 5.27. The SMILES string of the molecule is C=C.CC=C1CCC(N2Cc3cc(Br)ccc3C2=O)C(=O)N1. The molecule has 0 saturated carbocycles. The zero-order valence-corrected chi connectivity index (χ0v) is 14.1. The van der Waals surface area contributed by atoms with E-state index < -0.39 is 0 Å². The molecule has 0 bridgehead atoms. The van der Waals surface area contributed by atoms with Crippen LogP contribution in [0.4, 0.5) is 0 Å². The van der Waals surface area contributed by atoms with Gasteiger partial charge in [0.05, 0.1) is 0 Å². The third-order valence-electron chi connectivity index (χ3n) is 3.90. The summed E-state index contributed by atoms with van der Waals surface area (Å²) in [4.78, 5) is 26.3. The van der Waals surface area contributed by atoms with Crippen LogP contribution < -0.4 is 5.32 Å². The van der Waals surface area contributed by atoms with E-state index in [2.05, 4.69) is 34.4 Å². The molecule has 0 aromatic heterocycles. The van der Waals surface area contributed by atoms with Crippen LogP contribution in [0.5, 0.6) is 0 Å². The van der Waals surface area contributed by atoms with E-state index in [0.29, 0.717) is 18.5 Å². The Morgan fingerprint density at radius 3 is 2.73 bits per heavy atom. The molecule has 22 heavy (non-hydrogen) atoms. The van der Waals surface area contributed by atoms with Crippen LogP contribution in [0.2, 0.25) is 0 Å². The molecule has 1 aromatic rings. The van der Waals surface area contributed by atoms with Gasteiger partial charge >= 0.3 is 0 Å². The maximum absolute atomic E-state index is 12.4. The molecule has 1 N–H and O–H groups in total. The smallest absolute Gasteiger partial charge is 0.255 e. The van der Waals surface area contributed by atoms with Gasteiger partial charge in [-0.25, -0.2) is 0 Å². The monoisotopic (exact) mass is 362 g/mol. The molecule has 116 valence electrons. The van der Waals surface area contributed by atoms with Crippen molar-refractivity contribution in [2.45, 2.75) is 32.4 Å². The summed E-state index contributed by atoms with van der Waals surface area (Å²) in [5.41, 5.74) is 2.63. The number of halogens is 1. The first kappa shape index (κ1) is 16.5. The number of allylic oxidation sites excluding steroid dienone is 2. The molecular formula is C17H19BrN2O2. The van der Waals surface area contributed by atoms with Crippen molar-refractivity contribution in [3.8, 4) is 0 Å². The lowest BCUT2D eigenvalue weighted by molar-refractivity contribution is -0.126. The molecule has 1 atom stereocenters. The standard InChI is InChI=1S/C15H15BrN2O2.C2H4/c1-2-11-4-6-13(14(19)17-11)18-8-9-7-10(16)3-5-12(9)15(18)20;1-2/h2-3,5,7,13H,4,6,8H2,1H3,(H,17,19);1-2H2. The molecule has 0 aliphatic carbocycles. The average molecular weight is 363 g/mol. The fourth-order valence-corrected chi connectivity index (χ4v) is 3.21. The van der Waals surface area contributed by atoms with Gasteiger partial charge in [0.25, 0.3) is 5.91 Å². The number of rotatable bonds is 1. The van der Waals surface area contributed by atoms with Gasteiger partial charge < -0.3 is 10.2 Å². The molecule has 2 heterocycles. The summed E-state index contributed by atoms with van der Waals surface area (Å²) in [5, 5.41) is 2.87. The number of nitrogens with one attached hydrogen (secondary N) is 1. The number of hydrogen-bond acceptors (Lipinski definition) is 2. The third kappa shape index (κ3) is 2.99. The number of carbonyl (C=O) groups excluding carboxylic acids is 2. The Hall–Kier alpha value is -1.88. The minimum absolute atomic E-state index is 0.0448. The van der Waals surface area contributed by atoms with Crippen LogP contribution in [0.3, 0.4) is 0 Å². The summed E-state index contributed by atoms with van der Waals surface area (Å²) in [5.74, 6) is -0.124. The number of amides is 2. The molecule has 2 amide bonds. The van der Waals surface area contributed by atoms with Gasteiger partial charge in [-0.15, -0.1) is 13.2 Å². The van der Waals surface area contributed by atoms with E-state index in [1.54, 1.807) is 4.90 Å². The molecule has 1 unspecified atom stereocenters. The van der Waals surface area contributed by atoms with Crippen molar-refractivity contribution in [1.29, 1.82) is 0 Å². The van der Waals surface area contributed by atoms with Crippen molar-refractivity contribution >= 4 is 27.7 Å². The van der Waals surface area contributed by atoms with E-state index in [4.69, 9.17) is 0 Å². The third-order valence-corrected chi connectivity index (χ3v) is 4.39. The van der Waals surface area contributed by atoms with Crippen LogP contribution >= 0.6 is 15.9 Å². The fraction of sp³-hybridized carbons (Fsp3) is 0.294. The molecule has 5 heteroatoms. The fourth-order valence-electron chi connectivity index (χ4n) is 2.80. The van der Waals surface area contributed by atoms with Crippen molar-refractivity contribution in [3.05, 3.63) is 58.7 Å². The second-order valence-corrected chi connectivity index (χ2v) is 6.01. The summed E-state index contributed by atoms with van der Waals surface area (Å²) < 4.78 is 0.954. The number of carbonyl (C=O) groups is 2. The van der Waals surface area contributed by atoms with Crippen molar-refractivity contribution in [3.63, 3.8) is 0 Å². The van der Waals surface area contributed by atoms with E-state index in [1.807, 2.05) is 31.2 Å². The summed E-state index contributed by atoms with van der Waals surface area (Å²) in [7, 11) is 0. The Morgan fingerprint density at radius 2 is 2.09 bits per heavy atom. The van der Waals surface area contributed by atoms with Crippen LogP contribution in [-0.4, -0.2) is 22.8 Å². The van der Waals surface area contributed by atoms with Crippen LogP contribution in [-0.2, 0) is 11.3 Å². The molecule has 0 radical (unpaired) electrons. The van der Waals surface area contributed by atoms with Gasteiger partial charge in [-0.3, -0.25) is 9.59 Å². The van der Waals surface area contributed by atoms with Gasteiger partial charge in [0, 0.05) is 22.3 Å². The normalized spacial score (nSPS) is 22.0. The minimum atomic E-state index is -0.364. The Labute approximate surface area is 139 Å². The molecule has 2 aliphatic heterocycles. The highest BCUT2D eigenvalue weighted by atomic mass is 79.9. The van der Waals surface area contributed by atoms with Crippen LogP contribution in [0.15, 0.2) is 47.6 Å². The number of benzene rings is 1. The predicted molar refractivity (Wildman–Crippen MR) is 90.2 cm³/mol. The molecule has 3 rings (SSSR count). The molecule has 2 aliphatic rings. The largest absolute Gasteiger partial charge is 0.328 e. The number of fused-ring (bicyclic) bond motifs is 1. The van der Waals surface area contributed by atoms with Gasteiger partial charge in [0.1, 0.15) is 6.04 Å². The molecule has 1 aromatic carbocycles. The summed E-state index contributed by atoms with van der Waals surface area (Å²) in [6.07, 6.45) is 3.40. The highest BCUT2D eigenvalue weighted by Gasteiger charge is 2.38. The topological polar surface area (TPSA) is 49.4 Å². The summed E-state index contributed by atoms with van der Waals surface area (Å²) >= 11 is 3.41. The van der Waals surface area contributed by atoms with Gasteiger partial charge in [-0.05, 0) is 43.5 Å². The Balaban J connectivity index is 0.000000847. The minimum Gasteiger partial charge on any atom is -0.328 e. The Morgan fingerprint density at radius 1 is 1.36 bits per heavy atom. The van der Waals surface area contributed by atoms with Gasteiger partial charge in [-0.2, -0.15) is 0 Å². The Bertz CT molecular complexity index is 640. The van der Waals surface area contributed by atoms with Crippen molar-refractivity contribution < 1.29 is 9.59 Å². The van der Waals surface area contributed by atoms with Gasteiger partial charge in [0.2, 0.25) is 5.91 Å². The van der Waals surface area contributed by atoms with Gasteiger partial charge in [0.15, 0.2) is 0 Å². The molecule has 4 nitrogen and oxygen atoms in total. The quantitative estimate of drug-likeness (QED) is 0.778. The zero-order valence-electron chi connectivity index (χ0n) is 12.6. The van der Waals surface area contributed by atoms with Crippen LogP contribution in [0, 0.1) is 0 Å². The molecule has 1 fully saturated rings. The van der Waals surface area contributed by atoms with Crippen molar-refractivity contribution in [2.24, 2.45) is 0 Å². The Kier molecular flexibility index (Phi) is 5.19. The lowest BCUT2D eigenvalue weighted by atomic mass is 10.0. The van der Waals surface area contributed by atoms with Crippen molar-refractivity contribution in [1.82, 2.24) is 10.2 Å². The summed E-state index contributed by atoms with van der Waals surface area (Å²) in [6.45, 7) is 8.42. The first-order chi connectivity index (χ1) is 10.6. The van der Waals surface area contributed by atoms with E-state index in [1.165, 1.54) is 0 Å². The van der Waals surface area contributed by atoms with E-state index in [0.717, 1.165) is 22.2 Å². The number of nitrogens with zero attached hydrogens (tertiary/aromatic N) is 1. The maximum Gasteiger partial charge on any atom is 0.255 e. The first-order valence-electron chi connectivity index (χ1n) is 7.15. The highest BCUT2D eigenvalue weighted by molar-refractivity contribution is 9.10. The van der Waals surface area contributed by atoms with Crippen molar-refractivity contribution in [2.75, 3.05) is 0 Å². The zero-order chi connectivity index (χ0) is 16.3. The predicted octanol–water partition coefficient (Wildman–Crippen LogP) is 3.39. The molecule has 1 saturated heterocycles.